The van der Waals surface area contributed by atoms with Gasteiger partial charge in [0.2, 0.25) is 5.60 Å². The molecule has 41 heavy (non-hydrogen) atoms. The fourth-order valence-electron chi connectivity index (χ4n) is 3.77. The van der Waals surface area contributed by atoms with Crippen LogP contribution in [0.4, 0.5) is 46.9 Å². The van der Waals surface area contributed by atoms with Gasteiger partial charge in [-0.2, -0.15) is 26.3 Å². The molecule has 1 fully saturated rings. The van der Waals surface area contributed by atoms with E-state index in [1.54, 1.807) is 0 Å². The Balaban J connectivity index is 2.01. The van der Waals surface area contributed by atoms with Gasteiger partial charge in [0.05, 0.1) is 22.1 Å². The number of benzene rings is 2. The lowest BCUT2D eigenvalue weighted by Crippen LogP contribution is -2.44. The van der Waals surface area contributed by atoms with Crippen LogP contribution in [-0.4, -0.2) is 49.0 Å². The van der Waals surface area contributed by atoms with Crippen LogP contribution in [0.25, 0.3) is 0 Å². The summed E-state index contributed by atoms with van der Waals surface area (Å²) in [5.41, 5.74) is -5.80. The van der Waals surface area contributed by atoms with Crippen molar-refractivity contribution in [1.82, 2.24) is 0 Å². The summed E-state index contributed by atoms with van der Waals surface area (Å²) in [6, 6.07) is 3.53. The summed E-state index contributed by atoms with van der Waals surface area (Å²) in [5, 5.41) is 21.5. The molecule has 9 nitrogen and oxygen atoms in total. The average molecular weight is 617 g/mol. The normalized spacial score (nSPS) is 17.6. The molecule has 0 heterocycles. The molecule has 226 valence electrons. The summed E-state index contributed by atoms with van der Waals surface area (Å²) < 4.78 is 125. The number of aromatic hydroxyl groups is 1. The van der Waals surface area contributed by atoms with E-state index in [4.69, 9.17) is 5.11 Å². The van der Waals surface area contributed by atoms with Crippen molar-refractivity contribution in [3.63, 3.8) is 0 Å². The van der Waals surface area contributed by atoms with E-state index in [2.05, 4.69) is 4.74 Å². The fraction of sp³-hybridized carbons (Fsp3) is 0.417. The summed E-state index contributed by atoms with van der Waals surface area (Å²) >= 11 is 0. The van der Waals surface area contributed by atoms with Gasteiger partial charge in [0.15, 0.2) is 0 Å². The van der Waals surface area contributed by atoms with Crippen LogP contribution in [-0.2, 0) is 25.7 Å². The zero-order valence-electron chi connectivity index (χ0n) is 21.2. The van der Waals surface area contributed by atoms with Crippen molar-refractivity contribution in [3.8, 4) is 5.75 Å². The number of hydrogen-bond acceptors (Lipinski definition) is 6. The molecule has 0 unspecified atom stereocenters. The molecule has 1 saturated carbocycles. The zero-order chi connectivity index (χ0) is 31.1. The molecule has 0 spiro atoms. The van der Waals surface area contributed by atoms with E-state index in [0.717, 1.165) is 18.2 Å². The third kappa shape index (κ3) is 7.12. The van der Waals surface area contributed by atoms with E-state index in [0.29, 0.717) is 24.2 Å². The van der Waals surface area contributed by atoms with Crippen molar-refractivity contribution in [1.29, 1.82) is 0 Å². The number of carboxylic acid groups (broad SMARTS) is 1. The lowest BCUT2D eigenvalue weighted by molar-refractivity contribution is -0.242. The number of hydrogen-bond donors (Lipinski definition) is 3. The van der Waals surface area contributed by atoms with Crippen LogP contribution >= 0.6 is 0 Å². The summed E-state index contributed by atoms with van der Waals surface area (Å²) in [4.78, 5) is 22.3. The zero-order valence-corrected chi connectivity index (χ0v) is 22.0. The molecule has 1 aliphatic rings. The highest BCUT2D eigenvalue weighted by molar-refractivity contribution is 7.92. The quantitative estimate of drug-likeness (QED) is 0.242. The molecule has 3 rings (SSSR count). The minimum atomic E-state index is -5.26. The molecule has 0 radical (unpaired) electrons. The second kappa shape index (κ2) is 10.9. The number of phenolic OH excluding ortho intramolecular Hbond substituents is 1. The highest BCUT2D eigenvalue weighted by Crippen LogP contribution is 2.43. The number of ether oxygens (including phenoxy) is 1. The summed E-state index contributed by atoms with van der Waals surface area (Å²) in [7, 11) is -5.01. The number of carbonyl (C=O) groups is 2. The number of carboxylic acids is 1. The SMILES string of the molecule is CC(C)(OC(=O)Nc1ccc(O)c(N(CC[C@@H]2C[C@@H]2C(=O)O)S(=O)(=O)c2ccc(F)c(C(F)(F)F)c2)c1)C(F)(F)F. The Bertz CT molecular complexity index is 1440. The van der Waals surface area contributed by atoms with Crippen molar-refractivity contribution in [2.45, 2.75) is 49.5 Å². The van der Waals surface area contributed by atoms with Crippen LogP contribution < -0.4 is 9.62 Å². The maximum absolute atomic E-state index is 13.8. The van der Waals surface area contributed by atoms with Crippen LogP contribution in [0.1, 0.15) is 32.3 Å². The van der Waals surface area contributed by atoms with Crippen molar-refractivity contribution >= 4 is 33.5 Å². The number of nitrogens with one attached hydrogen (secondary N) is 1. The van der Waals surface area contributed by atoms with Crippen LogP contribution in [0, 0.1) is 17.7 Å². The average Bonchev–Trinajstić information content (AvgIpc) is 3.59. The van der Waals surface area contributed by atoms with Crippen molar-refractivity contribution in [3.05, 3.63) is 47.8 Å². The van der Waals surface area contributed by atoms with Crippen LogP contribution in [0.3, 0.4) is 0 Å². The summed E-state index contributed by atoms with van der Waals surface area (Å²) in [5.74, 6) is -4.97. The molecule has 0 saturated heterocycles. The lowest BCUT2D eigenvalue weighted by Gasteiger charge is -2.28. The molecular formula is C24H23F7N2O7S. The monoisotopic (exact) mass is 616 g/mol. The molecular weight excluding hydrogens is 593 g/mol. The van der Waals surface area contributed by atoms with Crippen LogP contribution in [0.2, 0.25) is 0 Å². The number of alkyl halides is 6. The van der Waals surface area contributed by atoms with Gasteiger partial charge < -0.3 is 14.9 Å². The van der Waals surface area contributed by atoms with Gasteiger partial charge in [0.25, 0.3) is 10.0 Å². The largest absolute Gasteiger partial charge is 0.506 e. The smallest absolute Gasteiger partial charge is 0.427 e. The Kier molecular flexibility index (Phi) is 8.45. The van der Waals surface area contributed by atoms with Gasteiger partial charge in [-0.25, -0.2) is 17.6 Å². The molecule has 2 atom stereocenters. The summed E-state index contributed by atoms with van der Waals surface area (Å²) in [6.07, 6.45) is -11.8. The Morgan fingerprint density at radius 3 is 2.24 bits per heavy atom. The molecule has 2 aromatic carbocycles. The third-order valence-electron chi connectivity index (χ3n) is 6.30. The second-order valence-corrected chi connectivity index (χ2v) is 11.5. The second-order valence-electron chi connectivity index (χ2n) is 9.67. The molecule has 3 N–H and O–H groups in total. The van der Waals surface area contributed by atoms with Gasteiger partial charge in [-0.1, -0.05) is 0 Å². The minimum Gasteiger partial charge on any atom is -0.506 e. The first kappa shape index (κ1) is 31.8. The number of halogens is 7. The number of amides is 1. The number of aliphatic carboxylic acids is 1. The van der Waals surface area contributed by atoms with E-state index in [1.165, 1.54) is 0 Å². The Morgan fingerprint density at radius 2 is 1.71 bits per heavy atom. The van der Waals surface area contributed by atoms with Gasteiger partial charge in [-0.05, 0) is 69.0 Å². The molecule has 2 aromatic rings. The standard InChI is InChI=1S/C24H23F7N2O7S/c1-22(2,24(29,30)31)40-21(37)32-13-3-6-19(34)18(10-13)33(8-7-12-9-15(12)20(35)36)41(38,39)14-4-5-17(25)16(11-14)23(26,27)28/h3-6,10-12,15,34H,7-9H2,1-2H3,(H,32,37)(H,35,36)/t12-,15+/m1/s1. The fourth-order valence-corrected chi connectivity index (χ4v) is 5.28. The third-order valence-corrected chi connectivity index (χ3v) is 8.10. The number of phenols is 1. The molecule has 0 aliphatic heterocycles. The highest BCUT2D eigenvalue weighted by atomic mass is 32.2. The first-order chi connectivity index (χ1) is 18.6. The molecule has 0 bridgehead atoms. The maximum Gasteiger partial charge on any atom is 0.427 e. The number of rotatable bonds is 9. The van der Waals surface area contributed by atoms with Crippen LogP contribution in [0.5, 0.6) is 5.75 Å². The minimum absolute atomic E-state index is 0.0462. The molecule has 1 amide bonds. The topological polar surface area (TPSA) is 133 Å². The van der Waals surface area contributed by atoms with Gasteiger partial charge in [-0.3, -0.25) is 14.4 Å². The van der Waals surface area contributed by atoms with Gasteiger partial charge in [0.1, 0.15) is 11.6 Å². The van der Waals surface area contributed by atoms with Gasteiger partial charge >= 0.3 is 24.4 Å². The predicted octanol–water partition coefficient (Wildman–Crippen LogP) is 5.75. The van der Waals surface area contributed by atoms with E-state index in [1.807, 2.05) is 5.32 Å². The lowest BCUT2D eigenvalue weighted by atomic mass is 10.1. The Labute approximate surface area is 228 Å². The molecule has 0 aromatic heterocycles. The number of sulfonamides is 1. The number of carbonyl (C=O) groups excluding carboxylic acids is 1. The highest BCUT2D eigenvalue weighted by Gasteiger charge is 2.51. The first-order valence-electron chi connectivity index (χ1n) is 11.7. The predicted molar refractivity (Wildman–Crippen MR) is 128 cm³/mol. The van der Waals surface area contributed by atoms with Crippen LogP contribution in [0.15, 0.2) is 41.3 Å². The first-order valence-corrected chi connectivity index (χ1v) is 13.1. The number of anilines is 2. The Hall–Kier alpha value is -3.76. The molecule has 1 aliphatic carbocycles. The Morgan fingerprint density at radius 1 is 1.07 bits per heavy atom. The molecule has 17 heteroatoms. The number of nitrogens with zero attached hydrogens (tertiary/aromatic N) is 1. The maximum atomic E-state index is 13.8. The van der Waals surface area contributed by atoms with E-state index >= 15 is 0 Å². The van der Waals surface area contributed by atoms with Gasteiger partial charge in [0, 0.05) is 12.2 Å². The van der Waals surface area contributed by atoms with E-state index in [-0.39, 0.29) is 30.7 Å². The van der Waals surface area contributed by atoms with Crippen molar-refractivity contribution < 1.29 is 63.7 Å². The van der Waals surface area contributed by atoms with Crippen molar-refractivity contribution in [2.24, 2.45) is 11.8 Å². The van der Waals surface area contributed by atoms with E-state index in [9.17, 15) is 53.8 Å². The van der Waals surface area contributed by atoms with Gasteiger partial charge in [-0.15, -0.1) is 0 Å². The summed E-state index contributed by atoms with van der Waals surface area (Å²) in [6.45, 7) is 0.574. The van der Waals surface area contributed by atoms with E-state index < -0.39 is 86.1 Å². The van der Waals surface area contributed by atoms with Crippen molar-refractivity contribution in [2.75, 3.05) is 16.2 Å².